The lowest BCUT2D eigenvalue weighted by atomic mass is 10.1. The van der Waals surface area contributed by atoms with Crippen LogP contribution in [0.4, 0.5) is 0 Å². The summed E-state index contributed by atoms with van der Waals surface area (Å²) in [5.41, 5.74) is 3.48. The number of rotatable bonds is 3. The van der Waals surface area contributed by atoms with Gasteiger partial charge in [0, 0.05) is 18.0 Å². The number of aromatic amines is 1. The topological polar surface area (TPSA) is 84.8 Å². The Bertz CT molecular complexity index is 1020. The van der Waals surface area contributed by atoms with Crippen LogP contribution in [-0.2, 0) is 12.8 Å². The lowest BCUT2D eigenvalue weighted by molar-refractivity contribution is 0.0942. The van der Waals surface area contributed by atoms with Gasteiger partial charge in [-0.25, -0.2) is 4.98 Å². The van der Waals surface area contributed by atoms with Gasteiger partial charge in [-0.2, -0.15) is 5.26 Å². The van der Waals surface area contributed by atoms with E-state index in [1.54, 1.807) is 23.5 Å². The summed E-state index contributed by atoms with van der Waals surface area (Å²) >= 11 is 1.60. The highest BCUT2D eigenvalue weighted by Crippen LogP contribution is 2.26. The molecule has 0 saturated carbocycles. The number of amides is 1. The van der Waals surface area contributed by atoms with Gasteiger partial charge >= 0.3 is 0 Å². The van der Waals surface area contributed by atoms with E-state index in [-0.39, 0.29) is 11.9 Å². The summed E-state index contributed by atoms with van der Waals surface area (Å²) in [6.45, 7) is 3.98. The Morgan fingerprint density at radius 3 is 3.00 bits per heavy atom. The molecule has 2 aromatic heterocycles. The standard InChI is InChI=1S/C20H21N5OS/c1-12(19-23-15-4-3-13(11-21)9-16(15)24-19)22-20(26)18-10-14-5-7-25(2)8-6-17(14)27-18/h3-4,9-10,12H,5-8H2,1-2H3,(H,22,26)(H,23,24). The van der Waals surface area contributed by atoms with Crippen molar-refractivity contribution in [2.75, 3.05) is 20.1 Å². The largest absolute Gasteiger partial charge is 0.342 e. The molecule has 2 N–H and O–H groups in total. The van der Waals surface area contributed by atoms with E-state index in [0.717, 1.165) is 41.8 Å². The summed E-state index contributed by atoms with van der Waals surface area (Å²) in [6.07, 6.45) is 2.00. The van der Waals surface area contributed by atoms with E-state index in [1.807, 2.05) is 19.1 Å². The Morgan fingerprint density at radius 1 is 1.37 bits per heavy atom. The zero-order valence-electron chi connectivity index (χ0n) is 15.4. The van der Waals surface area contributed by atoms with Crippen molar-refractivity contribution < 1.29 is 4.79 Å². The molecule has 4 rings (SSSR count). The number of aromatic nitrogens is 2. The van der Waals surface area contributed by atoms with Crippen LogP contribution in [0.3, 0.4) is 0 Å². The number of likely N-dealkylation sites (N-methyl/N-ethyl adjacent to an activating group) is 1. The maximum absolute atomic E-state index is 12.7. The van der Waals surface area contributed by atoms with E-state index in [0.29, 0.717) is 11.4 Å². The molecule has 1 aliphatic heterocycles. The molecule has 6 nitrogen and oxygen atoms in total. The van der Waals surface area contributed by atoms with Gasteiger partial charge in [0.2, 0.25) is 0 Å². The van der Waals surface area contributed by atoms with Gasteiger partial charge in [0.05, 0.1) is 33.6 Å². The summed E-state index contributed by atoms with van der Waals surface area (Å²) in [4.78, 5) is 24.9. The van der Waals surface area contributed by atoms with Gasteiger partial charge in [0.15, 0.2) is 0 Å². The van der Waals surface area contributed by atoms with Crippen molar-refractivity contribution in [1.29, 1.82) is 5.26 Å². The second-order valence-corrected chi connectivity index (χ2v) is 8.16. The van der Waals surface area contributed by atoms with E-state index in [9.17, 15) is 4.79 Å². The molecule has 0 radical (unpaired) electrons. The second kappa shape index (κ2) is 7.14. The Hall–Kier alpha value is -2.69. The number of carbonyl (C=O) groups is 1. The predicted molar refractivity (Wildman–Crippen MR) is 106 cm³/mol. The number of nitrogens with zero attached hydrogens (tertiary/aromatic N) is 3. The molecule has 1 amide bonds. The lowest BCUT2D eigenvalue weighted by Crippen LogP contribution is -2.26. The van der Waals surface area contributed by atoms with Gasteiger partial charge in [-0.05, 0) is 56.6 Å². The Labute approximate surface area is 161 Å². The van der Waals surface area contributed by atoms with Crippen molar-refractivity contribution >= 4 is 28.3 Å². The molecule has 3 heterocycles. The zero-order valence-corrected chi connectivity index (χ0v) is 16.2. The highest BCUT2D eigenvalue weighted by Gasteiger charge is 2.20. The van der Waals surface area contributed by atoms with E-state index in [4.69, 9.17) is 5.26 Å². The first kappa shape index (κ1) is 17.7. The minimum atomic E-state index is -0.247. The molecule has 1 aliphatic rings. The maximum atomic E-state index is 12.7. The zero-order chi connectivity index (χ0) is 19.0. The monoisotopic (exact) mass is 379 g/mol. The summed E-state index contributed by atoms with van der Waals surface area (Å²) in [5.74, 6) is 0.625. The minimum Gasteiger partial charge on any atom is -0.342 e. The third-order valence-electron chi connectivity index (χ3n) is 4.99. The molecule has 7 heteroatoms. The van der Waals surface area contributed by atoms with Crippen LogP contribution in [0, 0.1) is 11.3 Å². The maximum Gasteiger partial charge on any atom is 0.261 e. The summed E-state index contributed by atoms with van der Waals surface area (Å²) in [7, 11) is 2.14. The van der Waals surface area contributed by atoms with Gasteiger partial charge in [0.25, 0.3) is 5.91 Å². The van der Waals surface area contributed by atoms with Gasteiger partial charge < -0.3 is 15.2 Å². The van der Waals surface area contributed by atoms with Gasteiger partial charge in [-0.15, -0.1) is 11.3 Å². The van der Waals surface area contributed by atoms with Gasteiger partial charge in [-0.1, -0.05) is 0 Å². The van der Waals surface area contributed by atoms with Crippen LogP contribution in [0.5, 0.6) is 0 Å². The first-order valence-corrected chi connectivity index (χ1v) is 9.86. The highest BCUT2D eigenvalue weighted by molar-refractivity contribution is 7.14. The molecule has 1 unspecified atom stereocenters. The molecule has 1 aromatic carbocycles. The fourth-order valence-corrected chi connectivity index (χ4v) is 4.46. The fourth-order valence-electron chi connectivity index (χ4n) is 3.36. The van der Waals surface area contributed by atoms with E-state index in [2.05, 4.69) is 33.3 Å². The molecule has 27 heavy (non-hydrogen) atoms. The second-order valence-electron chi connectivity index (χ2n) is 7.02. The molecule has 0 aliphatic carbocycles. The third-order valence-corrected chi connectivity index (χ3v) is 6.23. The van der Waals surface area contributed by atoms with E-state index >= 15 is 0 Å². The molecular weight excluding hydrogens is 358 g/mol. The number of H-pyrrole nitrogens is 1. The van der Waals surface area contributed by atoms with Crippen LogP contribution in [0.25, 0.3) is 11.0 Å². The number of benzene rings is 1. The highest BCUT2D eigenvalue weighted by atomic mass is 32.1. The number of fused-ring (bicyclic) bond motifs is 2. The van der Waals surface area contributed by atoms with Crippen LogP contribution >= 0.6 is 11.3 Å². The van der Waals surface area contributed by atoms with Crippen molar-refractivity contribution in [3.63, 3.8) is 0 Å². The molecule has 0 spiro atoms. The molecule has 0 fully saturated rings. The van der Waals surface area contributed by atoms with Crippen molar-refractivity contribution in [2.24, 2.45) is 0 Å². The van der Waals surface area contributed by atoms with Crippen LogP contribution in [0.1, 0.15) is 44.5 Å². The average molecular weight is 379 g/mol. The van der Waals surface area contributed by atoms with Crippen LogP contribution in [0.2, 0.25) is 0 Å². The average Bonchev–Trinajstić information content (AvgIpc) is 3.24. The first-order valence-electron chi connectivity index (χ1n) is 9.04. The number of nitriles is 1. The molecule has 0 bridgehead atoms. The molecular formula is C20H21N5OS. The quantitative estimate of drug-likeness (QED) is 0.733. The van der Waals surface area contributed by atoms with Crippen LogP contribution < -0.4 is 5.32 Å². The number of hydrogen-bond donors (Lipinski definition) is 2. The number of hydrogen-bond acceptors (Lipinski definition) is 5. The molecule has 0 saturated heterocycles. The number of imidazole rings is 1. The summed E-state index contributed by atoms with van der Waals surface area (Å²) in [5, 5.41) is 12.1. The summed E-state index contributed by atoms with van der Waals surface area (Å²) in [6, 6.07) is 9.25. The Morgan fingerprint density at radius 2 is 2.19 bits per heavy atom. The van der Waals surface area contributed by atoms with Gasteiger partial charge in [-0.3, -0.25) is 4.79 Å². The molecule has 3 aromatic rings. The third kappa shape index (κ3) is 3.59. The fraction of sp³-hybridized carbons (Fsp3) is 0.350. The van der Waals surface area contributed by atoms with E-state index in [1.165, 1.54) is 10.4 Å². The van der Waals surface area contributed by atoms with Gasteiger partial charge in [0.1, 0.15) is 5.82 Å². The molecule has 1 atom stereocenters. The summed E-state index contributed by atoms with van der Waals surface area (Å²) < 4.78 is 0. The Balaban J connectivity index is 1.50. The normalized spacial score (nSPS) is 15.7. The smallest absolute Gasteiger partial charge is 0.261 e. The lowest BCUT2D eigenvalue weighted by Gasteiger charge is -2.12. The SMILES string of the molecule is CC(NC(=O)c1cc2c(s1)CCN(C)CC2)c1nc2ccc(C#N)cc2[nH]1. The van der Waals surface area contributed by atoms with Crippen molar-refractivity contribution in [2.45, 2.75) is 25.8 Å². The molecule has 138 valence electrons. The van der Waals surface area contributed by atoms with Crippen LogP contribution in [-0.4, -0.2) is 40.9 Å². The van der Waals surface area contributed by atoms with Crippen molar-refractivity contribution in [3.8, 4) is 6.07 Å². The first-order chi connectivity index (χ1) is 13.0. The predicted octanol–water partition coefficient (Wildman–Crippen LogP) is 3.02. The van der Waals surface area contributed by atoms with Crippen molar-refractivity contribution in [1.82, 2.24) is 20.2 Å². The van der Waals surface area contributed by atoms with Crippen molar-refractivity contribution in [3.05, 3.63) is 51.0 Å². The van der Waals surface area contributed by atoms with Crippen LogP contribution in [0.15, 0.2) is 24.3 Å². The number of thiophene rings is 1. The number of carbonyl (C=O) groups excluding carboxylic acids is 1. The van der Waals surface area contributed by atoms with E-state index < -0.39 is 0 Å². The minimum absolute atomic E-state index is 0.0629. The Kier molecular flexibility index (Phi) is 4.68. The number of nitrogens with one attached hydrogen (secondary N) is 2.